The number of H-pyrrole nitrogens is 1. The van der Waals surface area contributed by atoms with E-state index in [9.17, 15) is 18.0 Å². The van der Waals surface area contributed by atoms with E-state index in [-0.39, 0.29) is 0 Å². The molecule has 1 aromatic rings. The first-order valence-corrected chi connectivity index (χ1v) is 3.23. The van der Waals surface area contributed by atoms with Crippen molar-refractivity contribution in [2.24, 2.45) is 7.05 Å². The molecule has 0 radical (unpaired) electrons. The summed E-state index contributed by atoms with van der Waals surface area (Å²) in [6.07, 6.45) is -4.61. The lowest BCUT2D eigenvalue weighted by Crippen LogP contribution is -2.11. The van der Waals surface area contributed by atoms with Gasteiger partial charge in [-0.1, -0.05) is 11.6 Å². The molecule has 0 aliphatic carbocycles. The lowest BCUT2D eigenvalue weighted by atomic mass is 10.4. The van der Waals surface area contributed by atoms with Gasteiger partial charge in [0.2, 0.25) is 0 Å². The van der Waals surface area contributed by atoms with E-state index in [0.717, 1.165) is 7.05 Å². The Bertz CT molecular complexity index is 351. The number of aromatic amines is 1. The molecule has 0 unspecified atom stereocenters. The summed E-state index contributed by atoms with van der Waals surface area (Å²) in [5, 5.41) is 0.971. The minimum Gasteiger partial charge on any atom is -0.290 e. The van der Waals surface area contributed by atoms with Crippen LogP contribution in [-0.4, -0.2) is 9.78 Å². The molecule has 3 nitrogen and oxygen atoms in total. The number of alkyl halides is 3. The Labute approximate surface area is 69.7 Å². The Morgan fingerprint density at radius 2 is 2.00 bits per heavy atom. The summed E-state index contributed by atoms with van der Waals surface area (Å²) >= 11 is 5.11. The van der Waals surface area contributed by atoms with Crippen LogP contribution in [0.25, 0.3) is 0 Å². The Balaban J connectivity index is 3.38. The highest BCUT2D eigenvalue weighted by molar-refractivity contribution is 6.31. The summed E-state index contributed by atoms with van der Waals surface area (Å²) in [6.45, 7) is 0. The van der Waals surface area contributed by atoms with Gasteiger partial charge in [-0.05, 0) is 0 Å². The summed E-state index contributed by atoms with van der Waals surface area (Å²) in [5.41, 5.74) is -2.10. The quantitative estimate of drug-likeness (QED) is 0.675. The van der Waals surface area contributed by atoms with Crippen LogP contribution in [0.1, 0.15) is 5.69 Å². The van der Waals surface area contributed by atoms with Crippen LogP contribution in [0.2, 0.25) is 5.02 Å². The molecule has 0 spiro atoms. The number of hydrogen-bond acceptors (Lipinski definition) is 1. The molecule has 1 N–H and O–H groups in total. The largest absolute Gasteiger partial charge is 0.434 e. The van der Waals surface area contributed by atoms with E-state index >= 15 is 0 Å². The standard InChI is InChI=1S/C5H4ClF3N2O/c1-11-4(12)2(6)3(10-11)5(7,8)9/h10H,1H3. The van der Waals surface area contributed by atoms with Crippen molar-refractivity contribution in [2.45, 2.75) is 6.18 Å². The van der Waals surface area contributed by atoms with Crippen LogP contribution in [0.5, 0.6) is 0 Å². The summed E-state index contributed by atoms with van der Waals surface area (Å²) in [7, 11) is 1.16. The van der Waals surface area contributed by atoms with E-state index < -0.39 is 22.5 Å². The topological polar surface area (TPSA) is 37.8 Å². The van der Waals surface area contributed by atoms with Crippen molar-refractivity contribution in [1.29, 1.82) is 0 Å². The molecule has 0 aliphatic rings. The number of aryl methyl sites for hydroxylation is 1. The van der Waals surface area contributed by atoms with Gasteiger partial charge in [-0.25, -0.2) is 0 Å². The molecule has 68 valence electrons. The fourth-order valence-corrected chi connectivity index (χ4v) is 0.986. The van der Waals surface area contributed by atoms with Crippen LogP contribution in [0, 0.1) is 0 Å². The first kappa shape index (κ1) is 9.18. The molecule has 0 fully saturated rings. The van der Waals surface area contributed by atoms with Crippen molar-refractivity contribution in [3.63, 3.8) is 0 Å². The predicted molar refractivity (Wildman–Crippen MR) is 36.0 cm³/mol. The Kier molecular flexibility index (Phi) is 1.95. The second-order valence-corrected chi connectivity index (χ2v) is 2.54. The molecule has 0 amide bonds. The third-order valence-corrected chi connectivity index (χ3v) is 1.63. The molecule has 1 rings (SSSR count). The Morgan fingerprint density at radius 3 is 2.17 bits per heavy atom. The predicted octanol–water partition coefficient (Wildman–Crippen LogP) is 1.39. The fourth-order valence-electron chi connectivity index (χ4n) is 0.710. The van der Waals surface area contributed by atoms with Crippen molar-refractivity contribution in [3.05, 3.63) is 21.1 Å². The molecular formula is C5H4ClF3N2O. The minimum atomic E-state index is -4.61. The summed E-state index contributed by atoms with van der Waals surface area (Å²) in [6, 6.07) is 0. The van der Waals surface area contributed by atoms with Gasteiger partial charge in [-0.3, -0.25) is 14.6 Å². The van der Waals surface area contributed by atoms with Crippen LogP contribution in [-0.2, 0) is 13.2 Å². The van der Waals surface area contributed by atoms with E-state index in [1.54, 1.807) is 5.10 Å². The average Bonchev–Trinajstić information content (AvgIpc) is 2.15. The summed E-state index contributed by atoms with van der Waals surface area (Å²) in [5.74, 6) is 0. The van der Waals surface area contributed by atoms with E-state index in [1.165, 1.54) is 0 Å². The third kappa shape index (κ3) is 1.34. The second kappa shape index (κ2) is 2.55. The first-order chi connectivity index (χ1) is 5.34. The van der Waals surface area contributed by atoms with Gasteiger partial charge in [0.15, 0.2) is 5.69 Å². The maximum atomic E-state index is 12.0. The highest BCUT2D eigenvalue weighted by Crippen LogP contribution is 2.30. The zero-order valence-corrected chi connectivity index (χ0v) is 6.62. The molecule has 0 bridgehead atoms. The Morgan fingerprint density at radius 1 is 1.50 bits per heavy atom. The number of hydrogen-bond donors (Lipinski definition) is 1. The van der Waals surface area contributed by atoms with Gasteiger partial charge in [0.1, 0.15) is 5.02 Å². The molecule has 12 heavy (non-hydrogen) atoms. The average molecular weight is 201 g/mol. The molecule has 1 aromatic heterocycles. The van der Waals surface area contributed by atoms with Gasteiger partial charge < -0.3 is 0 Å². The maximum absolute atomic E-state index is 12.0. The van der Waals surface area contributed by atoms with Crippen molar-refractivity contribution in [2.75, 3.05) is 0 Å². The van der Waals surface area contributed by atoms with Gasteiger partial charge in [0.05, 0.1) is 0 Å². The van der Waals surface area contributed by atoms with E-state index in [1.807, 2.05) is 0 Å². The van der Waals surface area contributed by atoms with Crippen LogP contribution in [0.3, 0.4) is 0 Å². The molecule has 1 heterocycles. The van der Waals surface area contributed by atoms with Crippen molar-refractivity contribution < 1.29 is 13.2 Å². The third-order valence-electron chi connectivity index (χ3n) is 1.27. The minimum absolute atomic E-state index is 0.672. The number of rotatable bonds is 0. The summed E-state index contributed by atoms with van der Waals surface area (Å²) in [4.78, 5) is 10.7. The molecule has 0 aromatic carbocycles. The van der Waals surface area contributed by atoms with Crippen LogP contribution in [0.4, 0.5) is 13.2 Å². The molecule has 7 heteroatoms. The molecule has 0 saturated carbocycles. The van der Waals surface area contributed by atoms with Crippen molar-refractivity contribution in [3.8, 4) is 0 Å². The highest BCUT2D eigenvalue weighted by Gasteiger charge is 2.37. The van der Waals surface area contributed by atoms with Crippen LogP contribution in [0.15, 0.2) is 4.79 Å². The molecule has 0 saturated heterocycles. The maximum Gasteiger partial charge on any atom is 0.434 e. The monoisotopic (exact) mass is 200 g/mol. The van der Waals surface area contributed by atoms with E-state index in [4.69, 9.17) is 11.6 Å². The van der Waals surface area contributed by atoms with Gasteiger partial charge in [-0.2, -0.15) is 13.2 Å². The molecular weight excluding hydrogens is 197 g/mol. The fraction of sp³-hybridized carbons (Fsp3) is 0.400. The number of halogens is 4. The normalized spacial score (nSPS) is 12.1. The van der Waals surface area contributed by atoms with E-state index in [2.05, 4.69) is 0 Å². The van der Waals surface area contributed by atoms with Crippen LogP contribution < -0.4 is 5.56 Å². The van der Waals surface area contributed by atoms with Gasteiger partial charge in [-0.15, -0.1) is 0 Å². The zero-order valence-electron chi connectivity index (χ0n) is 5.87. The van der Waals surface area contributed by atoms with Crippen molar-refractivity contribution in [1.82, 2.24) is 9.78 Å². The second-order valence-electron chi connectivity index (χ2n) is 2.16. The molecule has 0 aliphatic heterocycles. The molecule has 0 atom stereocenters. The van der Waals surface area contributed by atoms with Gasteiger partial charge >= 0.3 is 6.18 Å². The summed E-state index contributed by atoms with van der Waals surface area (Å²) < 4.78 is 36.6. The van der Waals surface area contributed by atoms with Crippen molar-refractivity contribution >= 4 is 11.6 Å². The number of nitrogens with zero attached hydrogens (tertiary/aromatic N) is 1. The van der Waals surface area contributed by atoms with E-state index in [0.29, 0.717) is 4.68 Å². The van der Waals surface area contributed by atoms with Gasteiger partial charge in [0.25, 0.3) is 5.56 Å². The highest BCUT2D eigenvalue weighted by atomic mass is 35.5. The first-order valence-electron chi connectivity index (χ1n) is 2.85. The number of aromatic nitrogens is 2. The Hall–Kier alpha value is -0.910. The zero-order chi connectivity index (χ0) is 9.52. The van der Waals surface area contributed by atoms with Gasteiger partial charge in [0, 0.05) is 7.05 Å². The lowest BCUT2D eigenvalue weighted by Gasteiger charge is -2.01. The SMILES string of the molecule is Cn1[nH]c(C(F)(F)F)c(Cl)c1=O. The number of nitrogens with one attached hydrogen (secondary N) is 1. The lowest BCUT2D eigenvalue weighted by molar-refractivity contribution is -0.141. The smallest absolute Gasteiger partial charge is 0.290 e. The van der Waals surface area contributed by atoms with Crippen LogP contribution >= 0.6 is 11.6 Å².